The Morgan fingerprint density at radius 3 is 2.86 bits per heavy atom. The van der Waals surface area contributed by atoms with Gasteiger partial charge in [-0.3, -0.25) is 4.79 Å². The van der Waals surface area contributed by atoms with Crippen LogP contribution in [-0.4, -0.2) is 80.0 Å². The van der Waals surface area contributed by atoms with Gasteiger partial charge in [-0.15, -0.1) is 10.2 Å². The lowest BCUT2D eigenvalue weighted by molar-refractivity contribution is 0.102. The summed E-state index contributed by atoms with van der Waals surface area (Å²) in [4.78, 5) is 14.4. The van der Waals surface area contributed by atoms with Crippen LogP contribution in [0.5, 0.6) is 0 Å². The molecule has 36 heavy (non-hydrogen) atoms. The average Bonchev–Trinajstić information content (AvgIpc) is 3.60. The molecule has 3 aromatic heterocycles. The van der Waals surface area contributed by atoms with E-state index >= 15 is 0 Å². The summed E-state index contributed by atoms with van der Waals surface area (Å²) in [5, 5.41) is 19.5. The van der Waals surface area contributed by atoms with Crippen molar-refractivity contribution in [2.45, 2.75) is 24.6 Å². The molecule has 1 amide bonds. The topological polar surface area (TPSA) is 137 Å². The number of anilines is 1. The Morgan fingerprint density at radius 1 is 1.19 bits per heavy atom. The fraction of sp³-hybridized carbons (Fsp3) is 0.348. The number of nitrogens with zero attached hydrogens (tertiary/aromatic N) is 7. The van der Waals surface area contributed by atoms with Gasteiger partial charge in [-0.2, -0.15) is 14.2 Å². The van der Waals surface area contributed by atoms with Gasteiger partial charge in [0.1, 0.15) is 11.3 Å². The molecular formula is C23H24N8O4S. The first-order valence-electron chi connectivity index (χ1n) is 11.6. The highest BCUT2D eigenvalue weighted by Gasteiger charge is 2.43. The van der Waals surface area contributed by atoms with Crippen molar-refractivity contribution in [1.29, 1.82) is 0 Å². The predicted octanol–water partition coefficient (Wildman–Crippen LogP) is 1.52. The number of hydrogen-bond donors (Lipinski definition) is 1. The number of carbonyl (C=O) groups is 1. The normalized spacial score (nSPS) is 19.0. The van der Waals surface area contributed by atoms with E-state index in [1.807, 2.05) is 37.3 Å². The molecule has 0 radical (unpaired) electrons. The van der Waals surface area contributed by atoms with Crippen molar-refractivity contribution in [3.63, 3.8) is 0 Å². The third-order valence-electron chi connectivity index (χ3n) is 6.67. The number of amides is 1. The second-order valence-corrected chi connectivity index (χ2v) is 11.2. The van der Waals surface area contributed by atoms with Crippen molar-refractivity contribution in [2.24, 2.45) is 0 Å². The molecule has 1 unspecified atom stereocenters. The minimum atomic E-state index is -3.37. The Bertz CT molecular complexity index is 1550. The summed E-state index contributed by atoms with van der Waals surface area (Å²) in [6.07, 6.45) is 3.85. The van der Waals surface area contributed by atoms with Gasteiger partial charge < -0.3 is 10.1 Å². The first-order valence-corrected chi connectivity index (χ1v) is 13.1. The summed E-state index contributed by atoms with van der Waals surface area (Å²) in [7, 11) is -3.37. The predicted molar refractivity (Wildman–Crippen MR) is 130 cm³/mol. The number of nitrogens with one attached hydrogen (secondary N) is 1. The molecule has 2 aliphatic heterocycles. The minimum Gasteiger partial charge on any atom is -0.380 e. The number of benzene rings is 1. The zero-order valence-corrected chi connectivity index (χ0v) is 20.3. The van der Waals surface area contributed by atoms with Gasteiger partial charge in [0, 0.05) is 37.1 Å². The van der Waals surface area contributed by atoms with Crippen molar-refractivity contribution in [2.75, 3.05) is 31.6 Å². The molecule has 186 valence electrons. The van der Waals surface area contributed by atoms with E-state index in [1.54, 1.807) is 23.0 Å². The maximum Gasteiger partial charge on any atom is 0.259 e. The number of ether oxygens (including phenoxy) is 1. The van der Waals surface area contributed by atoms with Crippen molar-refractivity contribution in [3.05, 3.63) is 59.9 Å². The van der Waals surface area contributed by atoms with E-state index in [1.165, 1.54) is 9.10 Å². The van der Waals surface area contributed by atoms with E-state index in [4.69, 9.17) is 4.74 Å². The van der Waals surface area contributed by atoms with E-state index in [-0.39, 0.29) is 18.6 Å². The fourth-order valence-electron chi connectivity index (χ4n) is 4.42. The van der Waals surface area contributed by atoms with Crippen LogP contribution in [0.3, 0.4) is 0 Å². The Kier molecular flexibility index (Phi) is 5.54. The Morgan fingerprint density at radius 2 is 2.06 bits per heavy atom. The molecule has 2 aliphatic rings. The van der Waals surface area contributed by atoms with Crippen molar-refractivity contribution in [1.82, 2.24) is 34.1 Å². The number of pyridine rings is 1. The highest BCUT2D eigenvalue weighted by Crippen LogP contribution is 2.29. The van der Waals surface area contributed by atoms with E-state index in [9.17, 15) is 13.2 Å². The SMILES string of the molecule is Cc1ccc(-c2nnn(C3CN(S(=O)(=O)C4CCOC4)C3)n2)cc1NC(=O)c1cnn2ccccc12. The Labute approximate surface area is 206 Å². The van der Waals surface area contributed by atoms with Gasteiger partial charge in [0.15, 0.2) is 0 Å². The molecule has 5 heterocycles. The van der Waals surface area contributed by atoms with Gasteiger partial charge in [0.2, 0.25) is 15.8 Å². The number of rotatable bonds is 6. The number of aromatic nitrogens is 6. The molecule has 0 bridgehead atoms. The molecular weight excluding hydrogens is 484 g/mol. The van der Waals surface area contributed by atoms with Crippen molar-refractivity contribution < 1.29 is 17.9 Å². The summed E-state index contributed by atoms with van der Waals surface area (Å²) >= 11 is 0. The standard InChI is InChI=1S/C23H24N8O4S/c1-15-5-6-16(10-20(15)25-23(32)19-11-24-30-8-3-2-4-21(19)30)22-26-28-31(27-22)17-12-29(13-17)36(33,34)18-7-9-35-14-18/h2-6,8,10-11,17-18H,7,9,12-14H2,1H3,(H,25,32). The summed E-state index contributed by atoms with van der Waals surface area (Å²) < 4.78 is 33.7. The van der Waals surface area contributed by atoms with Crippen LogP contribution < -0.4 is 5.32 Å². The zero-order chi connectivity index (χ0) is 24.9. The van der Waals surface area contributed by atoms with Crippen LogP contribution in [-0.2, 0) is 14.8 Å². The molecule has 2 saturated heterocycles. The molecule has 2 fully saturated rings. The molecule has 6 rings (SSSR count). The fourth-order valence-corrected chi connectivity index (χ4v) is 6.26. The first kappa shape index (κ1) is 22.8. The smallest absolute Gasteiger partial charge is 0.259 e. The van der Waals surface area contributed by atoms with Crippen LogP contribution in [0.25, 0.3) is 16.9 Å². The van der Waals surface area contributed by atoms with Gasteiger partial charge in [-0.1, -0.05) is 18.2 Å². The summed E-state index contributed by atoms with van der Waals surface area (Å²) in [6.45, 7) is 3.25. The average molecular weight is 509 g/mol. The molecule has 0 aliphatic carbocycles. The molecule has 0 saturated carbocycles. The summed E-state index contributed by atoms with van der Waals surface area (Å²) in [6, 6.07) is 10.9. The van der Waals surface area contributed by atoms with E-state index < -0.39 is 15.3 Å². The Hall–Kier alpha value is -3.68. The second kappa shape index (κ2) is 8.76. The van der Waals surface area contributed by atoms with Gasteiger partial charge in [-0.25, -0.2) is 12.9 Å². The lowest BCUT2D eigenvalue weighted by Crippen LogP contribution is -2.54. The lowest BCUT2D eigenvalue weighted by atomic mass is 10.1. The van der Waals surface area contributed by atoms with Gasteiger partial charge in [-0.05, 0) is 42.3 Å². The maximum atomic E-state index is 13.0. The van der Waals surface area contributed by atoms with Crippen LogP contribution >= 0.6 is 0 Å². The van der Waals surface area contributed by atoms with Crippen LogP contribution in [0.2, 0.25) is 0 Å². The maximum absolute atomic E-state index is 13.0. The van der Waals surface area contributed by atoms with E-state index in [0.717, 1.165) is 5.56 Å². The van der Waals surface area contributed by atoms with Gasteiger partial charge >= 0.3 is 0 Å². The minimum absolute atomic E-state index is 0.177. The monoisotopic (exact) mass is 508 g/mol. The van der Waals surface area contributed by atoms with Crippen molar-refractivity contribution >= 4 is 27.1 Å². The number of carbonyl (C=O) groups excluding carboxylic acids is 1. The highest BCUT2D eigenvalue weighted by molar-refractivity contribution is 7.89. The third kappa shape index (κ3) is 3.94. The molecule has 1 aromatic carbocycles. The number of aryl methyl sites for hydroxylation is 1. The molecule has 12 nitrogen and oxygen atoms in total. The molecule has 13 heteroatoms. The number of tetrazole rings is 1. The van der Waals surface area contributed by atoms with Crippen LogP contribution in [0, 0.1) is 6.92 Å². The van der Waals surface area contributed by atoms with Gasteiger partial charge in [0.05, 0.1) is 23.9 Å². The van der Waals surface area contributed by atoms with Crippen LogP contribution in [0.15, 0.2) is 48.8 Å². The highest BCUT2D eigenvalue weighted by atomic mass is 32.2. The molecule has 1 atom stereocenters. The number of hydrogen-bond acceptors (Lipinski definition) is 8. The quantitative estimate of drug-likeness (QED) is 0.414. The first-order chi connectivity index (χ1) is 17.4. The second-order valence-electron chi connectivity index (χ2n) is 9.01. The molecule has 0 spiro atoms. The zero-order valence-electron chi connectivity index (χ0n) is 19.5. The number of sulfonamides is 1. The van der Waals surface area contributed by atoms with E-state index in [0.29, 0.717) is 54.3 Å². The lowest BCUT2D eigenvalue weighted by Gasteiger charge is -2.38. The van der Waals surface area contributed by atoms with E-state index in [2.05, 4.69) is 25.8 Å². The summed E-state index contributed by atoms with van der Waals surface area (Å²) in [5.74, 6) is 0.128. The molecule has 4 aromatic rings. The van der Waals surface area contributed by atoms with Crippen LogP contribution in [0.4, 0.5) is 5.69 Å². The van der Waals surface area contributed by atoms with Crippen LogP contribution in [0.1, 0.15) is 28.4 Å². The summed E-state index contributed by atoms with van der Waals surface area (Å²) in [5.41, 5.74) is 3.38. The molecule has 1 N–H and O–H groups in total. The number of fused-ring (bicyclic) bond motifs is 1. The van der Waals surface area contributed by atoms with Crippen molar-refractivity contribution in [3.8, 4) is 11.4 Å². The Balaban J connectivity index is 1.16. The largest absolute Gasteiger partial charge is 0.380 e. The third-order valence-corrected chi connectivity index (χ3v) is 8.90. The van der Waals surface area contributed by atoms with Gasteiger partial charge in [0.25, 0.3) is 5.91 Å².